The number of rotatable bonds is 6. The molecular weight excluding hydrogens is 486 g/mol. The van der Waals surface area contributed by atoms with E-state index in [1.165, 1.54) is 10.6 Å². The van der Waals surface area contributed by atoms with Crippen molar-refractivity contribution in [1.29, 1.82) is 0 Å². The fraction of sp³-hybridized carbons (Fsp3) is 0.179. The van der Waals surface area contributed by atoms with Crippen LogP contribution in [0.4, 0.5) is 5.69 Å². The van der Waals surface area contributed by atoms with Crippen molar-refractivity contribution in [2.24, 2.45) is 4.99 Å². The number of fused-ring (bicyclic) bond motifs is 1. The summed E-state index contributed by atoms with van der Waals surface area (Å²) in [7, 11) is 0. The first-order chi connectivity index (χ1) is 18.3. The lowest BCUT2D eigenvalue weighted by atomic mass is 9.95. The zero-order chi connectivity index (χ0) is 27.0. The molecule has 2 aromatic heterocycles. The summed E-state index contributed by atoms with van der Waals surface area (Å²) >= 11 is 0. The Hall–Kier alpha value is -4.99. The van der Waals surface area contributed by atoms with Crippen LogP contribution in [0.2, 0.25) is 0 Å². The summed E-state index contributed by atoms with van der Waals surface area (Å²) in [6.07, 6.45) is 1.62. The summed E-state index contributed by atoms with van der Waals surface area (Å²) in [6.45, 7) is 5.60. The van der Waals surface area contributed by atoms with Gasteiger partial charge in [0.15, 0.2) is 0 Å². The lowest BCUT2D eigenvalue weighted by Gasteiger charge is -2.24. The average molecular weight is 512 g/mol. The van der Waals surface area contributed by atoms with Crippen molar-refractivity contribution in [3.8, 4) is 11.3 Å². The maximum atomic E-state index is 13.7. The molecule has 4 aromatic rings. The van der Waals surface area contributed by atoms with Crippen LogP contribution in [0.1, 0.15) is 36.7 Å². The average Bonchev–Trinajstić information content (AvgIpc) is 3.48. The number of nitrogens with zero attached hydrogens (tertiary/aromatic N) is 3. The zero-order valence-corrected chi connectivity index (χ0v) is 21.0. The van der Waals surface area contributed by atoms with Gasteiger partial charge in [-0.25, -0.2) is 9.79 Å². The number of imidazole rings is 1. The van der Waals surface area contributed by atoms with Gasteiger partial charge in [-0.3, -0.25) is 19.5 Å². The Balaban J connectivity index is 1.64. The third kappa shape index (κ3) is 4.36. The van der Waals surface area contributed by atoms with Crippen LogP contribution in [0.25, 0.3) is 17.3 Å². The van der Waals surface area contributed by atoms with E-state index in [0.717, 1.165) is 11.1 Å². The summed E-state index contributed by atoms with van der Waals surface area (Å²) in [4.78, 5) is 48.4. The first kappa shape index (κ1) is 24.7. The van der Waals surface area contributed by atoms with Gasteiger partial charge in [0.05, 0.1) is 40.1 Å². The Kier molecular flexibility index (Phi) is 6.38. The van der Waals surface area contributed by atoms with Crippen molar-refractivity contribution in [2.75, 3.05) is 6.61 Å². The highest BCUT2D eigenvalue weighted by atomic mass is 16.6. The van der Waals surface area contributed by atoms with E-state index in [2.05, 4.69) is 15.0 Å². The maximum Gasteiger partial charge on any atom is 0.338 e. The second-order valence-electron chi connectivity index (χ2n) is 8.93. The molecule has 38 heavy (non-hydrogen) atoms. The molecule has 2 aromatic carbocycles. The lowest BCUT2D eigenvalue weighted by molar-refractivity contribution is -0.384. The Labute approximate surface area is 216 Å². The van der Waals surface area contributed by atoms with Gasteiger partial charge in [-0.05, 0) is 50.6 Å². The number of hydrogen-bond acceptors (Lipinski definition) is 6. The number of nitrogens with one attached hydrogen (secondary N) is 2. The van der Waals surface area contributed by atoms with Crippen LogP contribution >= 0.6 is 0 Å². The quantitative estimate of drug-likeness (QED) is 0.233. The molecule has 0 bridgehead atoms. The molecule has 5 rings (SSSR count). The molecular formula is C28H25N5O5. The number of carbonyl (C=O) groups excluding carboxylic acids is 1. The lowest BCUT2D eigenvalue weighted by Crippen LogP contribution is -2.40. The van der Waals surface area contributed by atoms with Crippen molar-refractivity contribution in [2.45, 2.75) is 26.8 Å². The van der Waals surface area contributed by atoms with Gasteiger partial charge in [-0.2, -0.15) is 0 Å². The monoisotopic (exact) mass is 511 g/mol. The molecule has 192 valence electrons. The number of aromatic amines is 2. The number of hydrogen-bond donors (Lipinski definition) is 2. The normalized spacial score (nSPS) is 15.2. The number of H-pyrrole nitrogens is 2. The number of benzene rings is 2. The Morgan fingerprint density at radius 3 is 2.55 bits per heavy atom. The van der Waals surface area contributed by atoms with Gasteiger partial charge in [0.1, 0.15) is 5.35 Å². The first-order valence-electron chi connectivity index (χ1n) is 12.1. The van der Waals surface area contributed by atoms with Crippen LogP contribution in [0.3, 0.4) is 0 Å². The van der Waals surface area contributed by atoms with Crippen molar-refractivity contribution < 1.29 is 14.5 Å². The van der Waals surface area contributed by atoms with Crippen LogP contribution in [0.5, 0.6) is 0 Å². The molecule has 10 nitrogen and oxygen atoms in total. The number of esters is 1. The predicted octanol–water partition coefficient (Wildman–Crippen LogP) is 3.28. The number of aromatic nitrogens is 3. The van der Waals surface area contributed by atoms with Crippen molar-refractivity contribution in [3.63, 3.8) is 0 Å². The number of ether oxygens (including phenoxy) is 1. The van der Waals surface area contributed by atoms with E-state index >= 15 is 0 Å². The van der Waals surface area contributed by atoms with Crippen LogP contribution in [-0.4, -0.2) is 32.0 Å². The van der Waals surface area contributed by atoms with Crippen molar-refractivity contribution in [1.82, 2.24) is 14.5 Å². The predicted molar refractivity (Wildman–Crippen MR) is 141 cm³/mol. The molecule has 0 spiro atoms. The topological polar surface area (TPSA) is 135 Å². The SMILES string of the molecule is CCOC(=O)C1=C(C)N=c2[nH]c(=Cc3ccc(-c4ccccc4[N+](=O)[O-])[nH]3)c(=O)n2C1c1ccc(C)cc1. The molecule has 0 aliphatic carbocycles. The fourth-order valence-electron chi connectivity index (χ4n) is 4.63. The third-order valence-corrected chi connectivity index (χ3v) is 6.41. The minimum atomic E-state index is -0.723. The number of para-hydroxylation sites is 1. The van der Waals surface area contributed by atoms with E-state index in [9.17, 15) is 19.7 Å². The van der Waals surface area contributed by atoms with E-state index in [4.69, 9.17) is 4.74 Å². The summed E-state index contributed by atoms with van der Waals surface area (Å²) < 4.78 is 6.77. The van der Waals surface area contributed by atoms with Crippen molar-refractivity contribution >= 4 is 17.7 Å². The van der Waals surface area contributed by atoms with E-state index < -0.39 is 16.9 Å². The van der Waals surface area contributed by atoms with E-state index in [1.54, 1.807) is 50.3 Å². The molecule has 1 atom stereocenters. The van der Waals surface area contributed by atoms with Gasteiger partial charge in [0, 0.05) is 11.8 Å². The second-order valence-corrected chi connectivity index (χ2v) is 8.93. The molecule has 1 aliphatic rings. The molecule has 10 heteroatoms. The van der Waals surface area contributed by atoms with Crippen LogP contribution in [0.15, 0.2) is 81.7 Å². The molecule has 0 radical (unpaired) electrons. The molecule has 1 unspecified atom stereocenters. The molecule has 0 fully saturated rings. The number of aryl methyl sites for hydroxylation is 1. The molecule has 0 saturated carbocycles. The number of nitro benzene ring substituents is 1. The summed E-state index contributed by atoms with van der Waals surface area (Å²) in [5.74, 6) is -0.526. The van der Waals surface area contributed by atoms with Gasteiger partial charge in [-0.15, -0.1) is 0 Å². The first-order valence-corrected chi connectivity index (χ1v) is 12.1. The fourth-order valence-corrected chi connectivity index (χ4v) is 4.63. The largest absolute Gasteiger partial charge is 0.463 e. The van der Waals surface area contributed by atoms with Gasteiger partial charge in [0.25, 0.3) is 11.2 Å². The van der Waals surface area contributed by atoms with E-state index in [1.807, 2.05) is 31.2 Å². The Morgan fingerprint density at radius 2 is 1.84 bits per heavy atom. The number of carbonyl (C=O) groups is 1. The Morgan fingerprint density at radius 1 is 1.11 bits per heavy atom. The Bertz CT molecular complexity index is 1770. The maximum absolute atomic E-state index is 13.7. The number of allylic oxidation sites excluding steroid dienone is 1. The molecule has 3 heterocycles. The summed E-state index contributed by atoms with van der Waals surface area (Å²) in [5, 5.41) is 11.7. The highest BCUT2D eigenvalue weighted by Gasteiger charge is 2.33. The summed E-state index contributed by atoms with van der Waals surface area (Å²) in [6, 6.07) is 16.8. The molecule has 2 N–H and O–H groups in total. The number of nitro groups is 1. The molecule has 0 saturated heterocycles. The van der Waals surface area contributed by atoms with Gasteiger partial charge < -0.3 is 14.7 Å². The van der Waals surface area contributed by atoms with Crippen LogP contribution in [0, 0.1) is 17.0 Å². The minimum absolute atomic E-state index is 0.0240. The minimum Gasteiger partial charge on any atom is -0.463 e. The van der Waals surface area contributed by atoms with Gasteiger partial charge >= 0.3 is 5.97 Å². The van der Waals surface area contributed by atoms with Gasteiger partial charge in [-0.1, -0.05) is 42.0 Å². The third-order valence-electron chi connectivity index (χ3n) is 6.41. The van der Waals surface area contributed by atoms with Crippen LogP contribution < -0.4 is 16.5 Å². The highest BCUT2D eigenvalue weighted by molar-refractivity contribution is 5.91. The molecule has 1 aliphatic heterocycles. The van der Waals surface area contributed by atoms with E-state index in [0.29, 0.717) is 33.8 Å². The highest BCUT2D eigenvalue weighted by Crippen LogP contribution is 2.31. The van der Waals surface area contributed by atoms with Crippen molar-refractivity contribution in [3.05, 3.63) is 120 Å². The smallest absolute Gasteiger partial charge is 0.338 e. The standard InChI is InChI=1S/C28H25N5O5/c1-4-38-27(35)24-17(3)29-28-31-22(26(34)32(28)25(24)18-11-9-16(2)10-12-18)15-19-13-14-21(30-19)20-7-5-6-8-23(20)33(36)37/h5-15,25,30H,4H2,1-3H3,(H,29,31). The summed E-state index contributed by atoms with van der Waals surface area (Å²) in [5.41, 5.74) is 4.02. The second kappa shape index (κ2) is 9.81. The van der Waals surface area contributed by atoms with Gasteiger partial charge in [0.2, 0.25) is 5.62 Å². The molecule has 0 amide bonds. The van der Waals surface area contributed by atoms with E-state index in [-0.39, 0.29) is 23.2 Å². The van der Waals surface area contributed by atoms with Crippen LogP contribution in [-0.2, 0) is 9.53 Å². The zero-order valence-electron chi connectivity index (χ0n) is 21.0.